The summed E-state index contributed by atoms with van der Waals surface area (Å²) in [4.78, 5) is 25.8. The molecule has 0 radical (unpaired) electrons. The zero-order valence-corrected chi connectivity index (χ0v) is 22.8. The molecule has 0 aliphatic rings. The third-order valence-corrected chi connectivity index (χ3v) is 5.73. The van der Waals surface area contributed by atoms with Crippen molar-refractivity contribution in [3.05, 3.63) is 82.9 Å². The summed E-state index contributed by atoms with van der Waals surface area (Å²) in [6.07, 6.45) is -5.08. The second-order valence-electron chi connectivity index (χ2n) is 8.91. The van der Waals surface area contributed by atoms with Gasteiger partial charge in [-0.1, -0.05) is 29.8 Å². The second kappa shape index (κ2) is 14.5. The first kappa shape index (κ1) is 31.6. The van der Waals surface area contributed by atoms with E-state index in [2.05, 4.69) is 48.4 Å². The Morgan fingerprint density at radius 2 is 1.49 bits per heavy atom. The van der Waals surface area contributed by atoms with Gasteiger partial charge in [0.2, 0.25) is 0 Å². The number of carboxylic acid groups (broad SMARTS) is 1. The van der Waals surface area contributed by atoms with Gasteiger partial charge in [-0.15, -0.1) is 0 Å². The highest BCUT2D eigenvalue weighted by Crippen LogP contribution is 2.28. The lowest BCUT2D eigenvalue weighted by Gasteiger charge is -2.21. The first-order chi connectivity index (χ1) is 18.3. The van der Waals surface area contributed by atoms with Gasteiger partial charge in [0.25, 0.3) is 5.91 Å². The first-order valence-electron chi connectivity index (χ1n) is 11.8. The van der Waals surface area contributed by atoms with Crippen molar-refractivity contribution in [2.24, 2.45) is 0 Å². The van der Waals surface area contributed by atoms with E-state index >= 15 is 0 Å². The van der Waals surface area contributed by atoms with Crippen molar-refractivity contribution >= 4 is 29.2 Å². The zero-order valence-electron chi connectivity index (χ0n) is 22.1. The zero-order chi connectivity index (χ0) is 29.2. The van der Waals surface area contributed by atoms with Gasteiger partial charge in [-0.25, -0.2) is 4.79 Å². The standard InChI is InChI=1S/C26H30ClN3O2.C2HF3O2/c1-29(2)15-16-30(3)18-22-17-21(9-14-25(22)32-4)19-7-12-24(13-8-19)28-26(31)20-5-10-23(27)11-6-20;3-2(4,5)1(6)7/h5-14,17H,15-16,18H2,1-4H3,(H,28,31);(H,6,7). The number of nitrogens with zero attached hydrogens (tertiary/aromatic N) is 2. The van der Waals surface area contributed by atoms with Crippen LogP contribution in [0.1, 0.15) is 15.9 Å². The van der Waals surface area contributed by atoms with Crippen LogP contribution in [0, 0.1) is 0 Å². The minimum Gasteiger partial charge on any atom is -0.496 e. The van der Waals surface area contributed by atoms with E-state index in [4.69, 9.17) is 26.2 Å². The molecule has 0 saturated heterocycles. The molecule has 11 heteroatoms. The number of alkyl halides is 3. The van der Waals surface area contributed by atoms with Gasteiger partial charge in [-0.2, -0.15) is 13.2 Å². The quantitative estimate of drug-likeness (QED) is 0.336. The lowest BCUT2D eigenvalue weighted by atomic mass is 10.0. The van der Waals surface area contributed by atoms with Crippen molar-refractivity contribution in [2.75, 3.05) is 46.7 Å². The molecule has 3 rings (SSSR count). The molecule has 0 unspecified atom stereocenters. The summed E-state index contributed by atoms with van der Waals surface area (Å²) in [5.74, 6) is -2.04. The van der Waals surface area contributed by atoms with Crippen molar-refractivity contribution in [1.82, 2.24) is 9.80 Å². The van der Waals surface area contributed by atoms with Crippen molar-refractivity contribution in [2.45, 2.75) is 12.7 Å². The van der Waals surface area contributed by atoms with Crippen LogP contribution in [-0.4, -0.2) is 74.3 Å². The molecule has 0 atom stereocenters. The largest absolute Gasteiger partial charge is 0.496 e. The molecule has 0 aromatic heterocycles. The Morgan fingerprint density at radius 1 is 0.923 bits per heavy atom. The second-order valence-corrected chi connectivity index (χ2v) is 9.35. The van der Waals surface area contributed by atoms with Crippen molar-refractivity contribution in [3.63, 3.8) is 0 Å². The Hall–Kier alpha value is -3.60. The smallest absolute Gasteiger partial charge is 0.490 e. The van der Waals surface area contributed by atoms with E-state index in [0.717, 1.165) is 47.8 Å². The molecule has 1 amide bonds. The van der Waals surface area contributed by atoms with E-state index < -0.39 is 12.1 Å². The predicted octanol–water partition coefficient (Wildman–Crippen LogP) is 5.89. The number of benzene rings is 3. The maximum absolute atomic E-state index is 12.4. The molecule has 0 fully saturated rings. The highest BCUT2D eigenvalue weighted by molar-refractivity contribution is 6.30. The van der Waals surface area contributed by atoms with Crippen LogP contribution >= 0.6 is 11.6 Å². The monoisotopic (exact) mass is 565 g/mol. The van der Waals surface area contributed by atoms with Crippen LogP contribution in [0.3, 0.4) is 0 Å². The third-order valence-electron chi connectivity index (χ3n) is 5.47. The average molecular weight is 566 g/mol. The predicted molar refractivity (Wildman–Crippen MR) is 146 cm³/mol. The number of ether oxygens (including phenoxy) is 1. The minimum atomic E-state index is -5.08. The maximum atomic E-state index is 12.4. The molecular formula is C28H31ClF3N3O4. The Balaban J connectivity index is 0.000000673. The number of amides is 1. The fourth-order valence-corrected chi connectivity index (χ4v) is 3.50. The number of carbonyl (C=O) groups excluding carboxylic acids is 1. The van der Waals surface area contributed by atoms with Crippen LogP contribution in [0.4, 0.5) is 18.9 Å². The molecule has 0 aliphatic carbocycles. The molecule has 0 spiro atoms. The molecule has 3 aromatic carbocycles. The SMILES string of the molecule is COc1ccc(-c2ccc(NC(=O)c3ccc(Cl)cc3)cc2)cc1CN(C)CCN(C)C.O=C(O)C(F)(F)F. The van der Waals surface area contributed by atoms with Crippen LogP contribution in [0.2, 0.25) is 5.02 Å². The van der Waals surface area contributed by atoms with Crippen LogP contribution in [0.5, 0.6) is 5.75 Å². The van der Waals surface area contributed by atoms with Crippen molar-refractivity contribution in [3.8, 4) is 16.9 Å². The molecule has 39 heavy (non-hydrogen) atoms. The normalized spacial score (nSPS) is 11.1. The van der Waals surface area contributed by atoms with E-state index in [1.54, 1.807) is 31.4 Å². The van der Waals surface area contributed by atoms with Gasteiger partial charge in [0.15, 0.2) is 0 Å². The number of halogens is 4. The number of nitrogens with one attached hydrogen (secondary N) is 1. The summed E-state index contributed by atoms with van der Waals surface area (Å²) >= 11 is 5.89. The number of carbonyl (C=O) groups is 2. The summed E-state index contributed by atoms with van der Waals surface area (Å²) in [5, 5.41) is 10.7. The summed E-state index contributed by atoms with van der Waals surface area (Å²) in [7, 11) is 7.98. The number of likely N-dealkylation sites (N-methyl/N-ethyl adjacent to an activating group) is 2. The number of hydrogen-bond donors (Lipinski definition) is 2. The number of carboxylic acids is 1. The molecule has 210 valence electrons. The Labute approximate surface area is 230 Å². The molecule has 0 heterocycles. The van der Waals surface area contributed by atoms with Crippen LogP contribution in [0.15, 0.2) is 66.7 Å². The minimum absolute atomic E-state index is 0.165. The first-order valence-corrected chi connectivity index (χ1v) is 12.2. The lowest BCUT2D eigenvalue weighted by Crippen LogP contribution is -2.28. The van der Waals surface area contributed by atoms with Gasteiger partial charge >= 0.3 is 12.1 Å². The topological polar surface area (TPSA) is 82.1 Å². The highest BCUT2D eigenvalue weighted by atomic mass is 35.5. The molecule has 0 aliphatic heterocycles. The third kappa shape index (κ3) is 10.6. The van der Waals surface area contributed by atoms with Gasteiger partial charge in [-0.3, -0.25) is 4.79 Å². The molecule has 0 saturated carbocycles. The van der Waals surface area contributed by atoms with E-state index in [1.165, 1.54) is 0 Å². The van der Waals surface area contributed by atoms with Crippen molar-refractivity contribution < 1.29 is 32.6 Å². The van der Waals surface area contributed by atoms with Gasteiger partial charge in [-0.05, 0) is 80.8 Å². The van der Waals surface area contributed by atoms with Gasteiger partial charge in [0, 0.05) is 41.5 Å². The van der Waals surface area contributed by atoms with Gasteiger partial charge in [0.1, 0.15) is 5.75 Å². The fourth-order valence-electron chi connectivity index (χ4n) is 3.37. The van der Waals surface area contributed by atoms with E-state index in [9.17, 15) is 18.0 Å². The summed E-state index contributed by atoms with van der Waals surface area (Å²) < 4.78 is 37.3. The number of anilines is 1. The Morgan fingerprint density at radius 3 is 2.00 bits per heavy atom. The summed E-state index contributed by atoms with van der Waals surface area (Å²) in [5.41, 5.74) is 4.64. The van der Waals surface area contributed by atoms with Crippen LogP contribution in [0.25, 0.3) is 11.1 Å². The summed E-state index contributed by atoms with van der Waals surface area (Å²) in [6.45, 7) is 2.78. The number of aliphatic carboxylic acids is 1. The van der Waals surface area contributed by atoms with E-state index in [-0.39, 0.29) is 5.91 Å². The Bertz CT molecular complexity index is 1230. The number of methoxy groups -OCH3 is 1. The lowest BCUT2D eigenvalue weighted by molar-refractivity contribution is -0.192. The molecule has 7 nitrogen and oxygen atoms in total. The fraction of sp³-hybridized carbons (Fsp3) is 0.286. The van der Waals surface area contributed by atoms with E-state index in [0.29, 0.717) is 10.6 Å². The van der Waals surface area contributed by atoms with Gasteiger partial charge < -0.3 is 25.0 Å². The highest BCUT2D eigenvalue weighted by Gasteiger charge is 2.38. The maximum Gasteiger partial charge on any atom is 0.490 e. The van der Waals surface area contributed by atoms with Crippen LogP contribution in [-0.2, 0) is 11.3 Å². The molecule has 3 aromatic rings. The average Bonchev–Trinajstić information content (AvgIpc) is 2.88. The van der Waals surface area contributed by atoms with Gasteiger partial charge in [0.05, 0.1) is 7.11 Å². The number of hydrogen-bond acceptors (Lipinski definition) is 5. The van der Waals surface area contributed by atoms with Crippen LogP contribution < -0.4 is 10.1 Å². The number of rotatable bonds is 9. The molecule has 0 bridgehead atoms. The van der Waals surface area contributed by atoms with E-state index in [1.807, 2.05) is 30.3 Å². The summed E-state index contributed by atoms with van der Waals surface area (Å²) in [6, 6.07) is 20.9. The molecule has 2 N–H and O–H groups in total. The Kier molecular flexibility index (Phi) is 11.8. The van der Waals surface area contributed by atoms with Crippen molar-refractivity contribution in [1.29, 1.82) is 0 Å². The molecular weight excluding hydrogens is 535 g/mol.